The van der Waals surface area contributed by atoms with Crippen molar-refractivity contribution in [3.8, 4) is 0 Å². The molecule has 19 heavy (non-hydrogen) atoms. The molecule has 2 atom stereocenters. The molecular formula is C17H33NO. The van der Waals surface area contributed by atoms with Crippen molar-refractivity contribution in [2.45, 2.75) is 72.3 Å². The van der Waals surface area contributed by atoms with Gasteiger partial charge < -0.3 is 10.0 Å². The molecule has 2 unspecified atom stereocenters. The van der Waals surface area contributed by atoms with Crippen LogP contribution in [0.2, 0.25) is 0 Å². The van der Waals surface area contributed by atoms with E-state index in [0.717, 1.165) is 13.0 Å². The van der Waals surface area contributed by atoms with E-state index in [0.29, 0.717) is 16.7 Å². The van der Waals surface area contributed by atoms with Gasteiger partial charge in [-0.1, -0.05) is 27.7 Å². The van der Waals surface area contributed by atoms with Crippen LogP contribution in [0.5, 0.6) is 0 Å². The molecule has 0 spiro atoms. The second-order valence-corrected chi connectivity index (χ2v) is 8.55. The van der Waals surface area contributed by atoms with Gasteiger partial charge in [0.2, 0.25) is 0 Å². The number of rotatable bonds is 2. The highest BCUT2D eigenvalue weighted by molar-refractivity contribution is 4.87. The van der Waals surface area contributed by atoms with Gasteiger partial charge in [0.05, 0.1) is 6.10 Å². The number of hydrogen-bond acceptors (Lipinski definition) is 2. The zero-order valence-corrected chi connectivity index (χ0v) is 13.4. The summed E-state index contributed by atoms with van der Waals surface area (Å²) in [5.41, 5.74) is 0.939. The topological polar surface area (TPSA) is 23.5 Å². The van der Waals surface area contributed by atoms with Crippen molar-refractivity contribution in [3.05, 3.63) is 0 Å². The Balaban J connectivity index is 1.89. The molecule has 2 fully saturated rings. The molecule has 0 bridgehead atoms. The smallest absolute Gasteiger partial charge is 0.0581 e. The predicted molar refractivity (Wildman–Crippen MR) is 81.2 cm³/mol. The molecule has 2 aliphatic rings. The molecule has 0 amide bonds. The lowest BCUT2D eigenvalue weighted by Crippen LogP contribution is -2.41. The highest BCUT2D eigenvalue weighted by Crippen LogP contribution is 2.39. The Morgan fingerprint density at radius 1 is 1.00 bits per heavy atom. The van der Waals surface area contributed by atoms with E-state index in [4.69, 9.17) is 0 Å². The molecule has 0 aromatic carbocycles. The summed E-state index contributed by atoms with van der Waals surface area (Å²) >= 11 is 0. The summed E-state index contributed by atoms with van der Waals surface area (Å²) in [6.07, 6.45) is 7.27. The molecule has 1 saturated heterocycles. The number of likely N-dealkylation sites (tertiary alicyclic amines) is 1. The Labute approximate surface area is 119 Å². The number of aliphatic hydroxyl groups is 1. The molecule has 2 nitrogen and oxygen atoms in total. The minimum absolute atomic E-state index is 0.0655. The van der Waals surface area contributed by atoms with Crippen LogP contribution in [-0.2, 0) is 0 Å². The van der Waals surface area contributed by atoms with Crippen molar-refractivity contribution in [2.75, 3.05) is 19.6 Å². The summed E-state index contributed by atoms with van der Waals surface area (Å²) in [4.78, 5) is 2.62. The SMILES string of the molecule is CC1(C)CCCN(CC2CC(C)(C)CCC2O)CC1. The maximum absolute atomic E-state index is 10.3. The van der Waals surface area contributed by atoms with Crippen molar-refractivity contribution >= 4 is 0 Å². The minimum atomic E-state index is -0.0655. The van der Waals surface area contributed by atoms with Crippen LogP contribution in [0.4, 0.5) is 0 Å². The number of hydrogen-bond donors (Lipinski definition) is 1. The van der Waals surface area contributed by atoms with Gasteiger partial charge in [-0.3, -0.25) is 0 Å². The van der Waals surface area contributed by atoms with Crippen molar-refractivity contribution < 1.29 is 5.11 Å². The van der Waals surface area contributed by atoms with Crippen molar-refractivity contribution in [1.82, 2.24) is 4.90 Å². The van der Waals surface area contributed by atoms with Gasteiger partial charge in [0.25, 0.3) is 0 Å². The van der Waals surface area contributed by atoms with Crippen molar-refractivity contribution in [2.24, 2.45) is 16.7 Å². The van der Waals surface area contributed by atoms with Crippen molar-refractivity contribution in [3.63, 3.8) is 0 Å². The second-order valence-electron chi connectivity index (χ2n) is 8.55. The van der Waals surface area contributed by atoms with E-state index >= 15 is 0 Å². The van der Waals surface area contributed by atoms with Crippen LogP contribution in [0.1, 0.15) is 66.2 Å². The molecule has 2 rings (SSSR count). The Bertz CT molecular complexity index is 298. The first-order chi connectivity index (χ1) is 8.77. The van der Waals surface area contributed by atoms with Crippen LogP contribution < -0.4 is 0 Å². The van der Waals surface area contributed by atoms with Gasteiger partial charge in [-0.2, -0.15) is 0 Å². The molecule has 2 heteroatoms. The van der Waals surface area contributed by atoms with E-state index in [1.54, 1.807) is 0 Å². The fourth-order valence-corrected chi connectivity index (χ4v) is 3.90. The molecule has 112 valence electrons. The van der Waals surface area contributed by atoms with E-state index in [2.05, 4.69) is 32.6 Å². The summed E-state index contributed by atoms with van der Waals surface area (Å²) in [5.74, 6) is 0.491. The second kappa shape index (κ2) is 5.73. The third-order valence-electron chi connectivity index (χ3n) is 5.40. The highest BCUT2D eigenvalue weighted by atomic mass is 16.3. The molecule has 1 N–H and O–H groups in total. The lowest BCUT2D eigenvalue weighted by Gasteiger charge is -2.40. The van der Waals surface area contributed by atoms with Gasteiger partial charge in [-0.25, -0.2) is 0 Å². The summed E-state index contributed by atoms with van der Waals surface area (Å²) in [7, 11) is 0. The van der Waals surface area contributed by atoms with Crippen LogP contribution in [0.25, 0.3) is 0 Å². The summed E-state index contributed by atoms with van der Waals surface area (Å²) < 4.78 is 0. The number of nitrogens with zero attached hydrogens (tertiary/aromatic N) is 1. The first kappa shape index (κ1) is 15.3. The average molecular weight is 267 g/mol. The van der Waals surface area contributed by atoms with Crippen molar-refractivity contribution in [1.29, 1.82) is 0 Å². The highest BCUT2D eigenvalue weighted by Gasteiger charge is 2.35. The van der Waals surface area contributed by atoms with Crippen LogP contribution in [-0.4, -0.2) is 35.7 Å². The monoisotopic (exact) mass is 267 g/mol. The zero-order valence-electron chi connectivity index (χ0n) is 13.4. The molecule has 0 aromatic heterocycles. The summed E-state index contributed by atoms with van der Waals surface area (Å²) in [5, 5.41) is 10.3. The molecule has 0 aromatic rings. The van der Waals surface area contributed by atoms with Gasteiger partial charge in [0.1, 0.15) is 0 Å². The lowest BCUT2D eigenvalue weighted by molar-refractivity contribution is 0.00436. The van der Waals surface area contributed by atoms with E-state index < -0.39 is 0 Å². The van der Waals surface area contributed by atoms with Crippen LogP contribution in [0.15, 0.2) is 0 Å². The van der Waals surface area contributed by atoms with Gasteiger partial charge in [0, 0.05) is 6.54 Å². The fraction of sp³-hybridized carbons (Fsp3) is 1.00. The standard InChI is InChI=1S/C17H33NO/c1-16(2)7-5-10-18(11-9-16)13-14-12-17(3,4)8-6-15(14)19/h14-15,19H,5-13H2,1-4H3. The Kier molecular flexibility index (Phi) is 4.62. The fourth-order valence-electron chi connectivity index (χ4n) is 3.90. The van der Waals surface area contributed by atoms with E-state index in [1.165, 1.54) is 45.2 Å². The van der Waals surface area contributed by atoms with E-state index in [-0.39, 0.29) is 6.10 Å². The van der Waals surface area contributed by atoms with Gasteiger partial charge in [-0.15, -0.1) is 0 Å². The third kappa shape index (κ3) is 4.46. The molecule has 1 aliphatic heterocycles. The molecule has 1 aliphatic carbocycles. The largest absolute Gasteiger partial charge is 0.393 e. The van der Waals surface area contributed by atoms with E-state index in [9.17, 15) is 5.11 Å². The van der Waals surface area contributed by atoms with Crippen LogP contribution in [0.3, 0.4) is 0 Å². The normalized spacial score (nSPS) is 35.8. The Morgan fingerprint density at radius 2 is 1.74 bits per heavy atom. The first-order valence-corrected chi connectivity index (χ1v) is 8.18. The van der Waals surface area contributed by atoms with Crippen LogP contribution in [0, 0.1) is 16.7 Å². The van der Waals surface area contributed by atoms with Crippen LogP contribution >= 0.6 is 0 Å². The molecule has 0 radical (unpaired) electrons. The maximum atomic E-state index is 10.3. The number of aliphatic hydroxyl groups excluding tert-OH is 1. The predicted octanol–water partition coefficient (Wildman–Crippen LogP) is 3.69. The van der Waals surface area contributed by atoms with E-state index in [1.807, 2.05) is 0 Å². The average Bonchev–Trinajstić information content (AvgIpc) is 2.46. The minimum Gasteiger partial charge on any atom is -0.393 e. The van der Waals surface area contributed by atoms with Gasteiger partial charge >= 0.3 is 0 Å². The summed E-state index contributed by atoms with van der Waals surface area (Å²) in [6, 6.07) is 0. The molecule has 1 saturated carbocycles. The maximum Gasteiger partial charge on any atom is 0.0581 e. The quantitative estimate of drug-likeness (QED) is 0.825. The Morgan fingerprint density at radius 3 is 2.47 bits per heavy atom. The summed E-state index contributed by atoms with van der Waals surface area (Å²) in [6.45, 7) is 13.1. The Hall–Kier alpha value is -0.0800. The molecular weight excluding hydrogens is 234 g/mol. The molecule has 1 heterocycles. The first-order valence-electron chi connectivity index (χ1n) is 8.18. The van der Waals surface area contributed by atoms with Gasteiger partial charge in [-0.05, 0) is 68.4 Å². The third-order valence-corrected chi connectivity index (χ3v) is 5.40. The lowest BCUT2D eigenvalue weighted by atomic mass is 9.70. The zero-order chi connectivity index (χ0) is 14.1. The van der Waals surface area contributed by atoms with Gasteiger partial charge in [0.15, 0.2) is 0 Å².